The maximum absolute atomic E-state index is 9.01. The molecule has 1 aliphatic carbocycles. The molecule has 2 heteroatoms. The molecule has 0 aliphatic heterocycles. The zero-order chi connectivity index (χ0) is 12.1. The van der Waals surface area contributed by atoms with Crippen molar-refractivity contribution in [3.8, 4) is 5.75 Å². The summed E-state index contributed by atoms with van der Waals surface area (Å²) < 4.78 is 5.47. The first-order valence-corrected chi connectivity index (χ1v) is 6.65. The van der Waals surface area contributed by atoms with E-state index in [4.69, 9.17) is 9.84 Å². The predicted molar refractivity (Wildman–Crippen MR) is 69.7 cm³/mol. The number of aliphatic hydroxyl groups excluding tert-OH is 1. The summed E-state index contributed by atoms with van der Waals surface area (Å²) in [4.78, 5) is 0. The second kappa shape index (κ2) is 6.06. The molecule has 0 radical (unpaired) electrons. The summed E-state index contributed by atoms with van der Waals surface area (Å²) in [5.74, 6) is 0.999. The third-order valence-electron chi connectivity index (χ3n) is 3.66. The van der Waals surface area contributed by atoms with Crippen LogP contribution in [-0.4, -0.2) is 18.8 Å². The molecule has 0 atom stereocenters. The molecule has 17 heavy (non-hydrogen) atoms. The summed E-state index contributed by atoms with van der Waals surface area (Å²) in [5.41, 5.74) is 4.33. The number of rotatable bonds is 4. The van der Waals surface area contributed by atoms with Gasteiger partial charge in [-0.1, -0.05) is 12.5 Å². The molecule has 94 valence electrons. The van der Waals surface area contributed by atoms with Crippen LogP contribution in [0.1, 0.15) is 42.4 Å². The minimum absolute atomic E-state index is 0.257. The molecule has 0 unspecified atom stereocenters. The van der Waals surface area contributed by atoms with E-state index in [0.717, 1.165) is 18.6 Å². The molecule has 1 aliphatic rings. The van der Waals surface area contributed by atoms with Crippen molar-refractivity contribution in [1.82, 2.24) is 0 Å². The van der Waals surface area contributed by atoms with E-state index in [1.54, 1.807) is 7.11 Å². The molecule has 0 fully saturated rings. The molecule has 0 spiro atoms. The van der Waals surface area contributed by atoms with Gasteiger partial charge in [-0.25, -0.2) is 0 Å². The van der Waals surface area contributed by atoms with Gasteiger partial charge in [0.05, 0.1) is 7.11 Å². The van der Waals surface area contributed by atoms with Crippen LogP contribution in [0.15, 0.2) is 12.1 Å². The third kappa shape index (κ3) is 2.81. The van der Waals surface area contributed by atoms with Gasteiger partial charge in [-0.3, -0.25) is 0 Å². The Morgan fingerprint density at radius 2 is 2.00 bits per heavy atom. The standard InChI is InChI=1S/C15H22O2/c1-17-15-10-9-12-6-3-2-4-7-13(12)14(15)8-5-11-16/h9-10,16H,2-8,11H2,1H3. The first-order chi connectivity index (χ1) is 8.36. The highest BCUT2D eigenvalue weighted by Crippen LogP contribution is 2.31. The van der Waals surface area contributed by atoms with Crippen molar-refractivity contribution in [2.45, 2.75) is 44.9 Å². The van der Waals surface area contributed by atoms with Crippen LogP contribution in [0.4, 0.5) is 0 Å². The number of aliphatic hydroxyl groups is 1. The minimum atomic E-state index is 0.257. The first-order valence-electron chi connectivity index (χ1n) is 6.65. The van der Waals surface area contributed by atoms with Crippen LogP contribution in [0.3, 0.4) is 0 Å². The molecular weight excluding hydrogens is 212 g/mol. The Bertz CT molecular complexity index is 371. The molecule has 0 aromatic heterocycles. The van der Waals surface area contributed by atoms with Gasteiger partial charge in [0, 0.05) is 6.61 Å². The molecule has 0 saturated heterocycles. The highest BCUT2D eigenvalue weighted by atomic mass is 16.5. The van der Waals surface area contributed by atoms with Gasteiger partial charge in [-0.15, -0.1) is 0 Å². The van der Waals surface area contributed by atoms with E-state index in [1.807, 2.05) is 0 Å². The largest absolute Gasteiger partial charge is 0.496 e. The Hall–Kier alpha value is -1.02. The molecule has 0 saturated carbocycles. The lowest BCUT2D eigenvalue weighted by Gasteiger charge is -2.16. The van der Waals surface area contributed by atoms with E-state index in [-0.39, 0.29) is 6.61 Å². The van der Waals surface area contributed by atoms with Gasteiger partial charge in [0.15, 0.2) is 0 Å². The van der Waals surface area contributed by atoms with Crippen LogP contribution in [0.25, 0.3) is 0 Å². The van der Waals surface area contributed by atoms with Crippen molar-refractivity contribution in [3.63, 3.8) is 0 Å². The van der Waals surface area contributed by atoms with E-state index in [2.05, 4.69) is 12.1 Å². The summed E-state index contributed by atoms with van der Waals surface area (Å²) in [7, 11) is 1.74. The van der Waals surface area contributed by atoms with Gasteiger partial charge < -0.3 is 9.84 Å². The van der Waals surface area contributed by atoms with E-state index in [9.17, 15) is 0 Å². The summed E-state index contributed by atoms with van der Waals surface area (Å²) >= 11 is 0. The number of benzene rings is 1. The second-order valence-corrected chi connectivity index (χ2v) is 4.77. The van der Waals surface area contributed by atoms with Crippen LogP contribution < -0.4 is 4.74 Å². The molecule has 2 nitrogen and oxygen atoms in total. The van der Waals surface area contributed by atoms with Gasteiger partial charge in [0.25, 0.3) is 0 Å². The Labute approximate surface area is 104 Å². The smallest absolute Gasteiger partial charge is 0.122 e. The van der Waals surface area contributed by atoms with Crippen LogP contribution in [0.2, 0.25) is 0 Å². The minimum Gasteiger partial charge on any atom is -0.496 e. The number of hydrogen-bond acceptors (Lipinski definition) is 2. The number of fused-ring (bicyclic) bond motifs is 1. The zero-order valence-electron chi connectivity index (χ0n) is 10.7. The molecule has 0 amide bonds. The van der Waals surface area contributed by atoms with Gasteiger partial charge >= 0.3 is 0 Å². The van der Waals surface area contributed by atoms with Gasteiger partial charge in [0.2, 0.25) is 0 Å². The lowest BCUT2D eigenvalue weighted by molar-refractivity contribution is 0.287. The Morgan fingerprint density at radius 1 is 1.18 bits per heavy atom. The molecule has 0 heterocycles. The van der Waals surface area contributed by atoms with Gasteiger partial charge in [0.1, 0.15) is 5.75 Å². The number of hydrogen-bond donors (Lipinski definition) is 1. The van der Waals surface area contributed by atoms with E-state index >= 15 is 0 Å². The highest BCUT2D eigenvalue weighted by Gasteiger charge is 2.15. The predicted octanol–water partition coefficient (Wildman–Crippen LogP) is 2.89. The Kier molecular flexibility index (Phi) is 4.43. The summed E-state index contributed by atoms with van der Waals surface area (Å²) in [5, 5.41) is 9.01. The highest BCUT2D eigenvalue weighted by molar-refractivity contribution is 5.46. The lowest BCUT2D eigenvalue weighted by atomic mass is 9.93. The topological polar surface area (TPSA) is 29.5 Å². The zero-order valence-corrected chi connectivity index (χ0v) is 10.7. The molecule has 1 aromatic carbocycles. The maximum Gasteiger partial charge on any atom is 0.122 e. The van der Waals surface area contributed by atoms with E-state index in [0.29, 0.717) is 0 Å². The van der Waals surface area contributed by atoms with Gasteiger partial charge in [-0.05, 0) is 61.3 Å². The molecule has 1 aromatic rings. The maximum atomic E-state index is 9.01. The van der Waals surface area contributed by atoms with Crippen LogP contribution in [0.5, 0.6) is 5.75 Å². The van der Waals surface area contributed by atoms with Crippen molar-refractivity contribution in [3.05, 3.63) is 28.8 Å². The Balaban J connectivity index is 2.36. The Morgan fingerprint density at radius 3 is 2.76 bits per heavy atom. The van der Waals surface area contributed by atoms with Crippen LogP contribution in [0, 0.1) is 0 Å². The van der Waals surface area contributed by atoms with Gasteiger partial charge in [-0.2, -0.15) is 0 Å². The average Bonchev–Trinajstić information content (AvgIpc) is 2.60. The third-order valence-corrected chi connectivity index (χ3v) is 3.66. The van der Waals surface area contributed by atoms with Crippen molar-refractivity contribution >= 4 is 0 Å². The quantitative estimate of drug-likeness (QED) is 0.812. The van der Waals surface area contributed by atoms with Crippen molar-refractivity contribution in [2.24, 2.45) is 0 Å². The average molecular weight is 234 g/mol. The fourth-order valence-corrected chi connectivity index (χ4v) is 2.78. The number of ether oxygens (including phenoxy) is 1. The first kappa shape index (κ1) is 12.4. The molecule has 1 N–H and O–H groups in total. The monoisotopic (exact) mass is 234 g/mol. The van der Waals surface area contributed by atoms with Crippen molar-refractivity contribution in [2.75, 3.05) is 13.7 Å². The van der Waals surface area contributed by atoms with E-state index in [1.165, 1.54) is 48.8 Å². The van der Waals surface area contributed by atoms with Crippen molar-refractivity contribution < 1.29 is 9.84 Å². The van der Waals surface area contributed by atoms with Crippen LogP contribution in [-0.2, 0) is 19.3 Å². The lowest BCUT2D eigenvalue weighted by Crippen LogP contribution is -2.03. The number of aryl methyl sites for hydroxylation is 1. The van der Waals surface area contributed by atoms with E-state index < -0.39 is 0 Å². The summed E-state index contributed by atoms with van der Waals surface area (Å²) in [6.45, 7) is 0.257. The second-order valence-electron chi connectivity index (χ2n) is 4.77. The number of methoxy groups -OCH3 is 1. The summed E-state index contributed by atoms with van der Waals surface area (Å²) in [6, 6.07) is 4.32. The summed E-state index contributed by atoms with van der Waals surface area (Å²) in [6.07, 6.45) is 8.05. The van der Waals surface area contributed by atoms with Crippen LogP contribution >= 0.6 is 0 Å². The van der Waals surface area contributed by atoms with Crippen molar-refractivity contribution in [1.29, 1.82) is 0 Å². The molecule has 2 rings (SSSR count). The SMILES string of the molecule is COc1ccc2c(c1CCCO)CCCCC2. The normalized spacial score (nSPS) is 15.2. The molecular formula is C15H22O2. The fourth-order valence-electron chi connectivity index (χ4n) is 2.78. The fraction of sp³-hybridized carbons (Fsp3) is 0.600. The molecule has 0 bridgehead atoms.